The maximum Gasteiger partial charge on any atom is 0.132 e. The number of nitrogens with two attached hydrogens (primary N) is 1. The highest BCUT2D eigenvalue weighted by Gasteiger charge is 2.04. The van der Waals surface area contributed by atoms with Gasteiger partial charge in [-0.25, -0.2) is 9.97 Å². The minimum absolute atomic E-state index is 0.467. The fourth-order valence-corrected chi connectivity index (χ4v) is 1.60. The van der Waals surface area contributed by atoms with Crippen LogP contribution in [-0.2, 0) is 13.0 Å². The molecular formula is C13H15N3O. The molecule has 17 heavy (non-hydrogen) atoms. The average Bonchev–Trinajstić information content (AvgIpc) is 2.40. The van der Waals surface area contributed by atoms with Gasteiger partial charge in [-0.1, -0.05) is 18.2 Å². The number of nitrogens with zero attached hydrogens (tertiary/aromatic N) is 2. The fourth-order valence-electron chi connectivity index (χ4n) is 1.60. The van der Waals surface area contributed by atoms with Crippen molar-refractivity contribution in [2.75, 3.05) is 7.11 Å². The molecular weight excluding hydrogens is 214 g/mol. The molecule has 0 unspecified atom stereocenters. The highest BCUT2D eigenvalue weighted by molar-refractivity contribution is 5.35. The first-order valence-electron chi connectivity index (χ1n) is 5.45. The molecule has 0 aliphatic rings. The number of hydrogen-bond donors (Lipinski definition) is 1. The van der Waals surface area contributed by atoms with Gasteiger partial charge in [-0.2, -0.15) is 0 Å². The van der Waals surface area contributed by atoms with Crippen molar-refractivity contribution in [3.05, 3.63) is 53.6 Å². The zero-order valence-corrected chi connectivity index (χ0v) is 9.76. The second-order valence-electron chi connectivity index (χ2n) is 3.70. The first-order chi connectivity index (χ1) is 8.33. The Labute approximate surface area is 100 Å². The summed E-state index contributed by atoms with van der Waals surface area (Å²) in [6.07, 6.45) is 4.18. The van der Waals surface area contributed by atoms with Crippen LogP contribution in [0.3, 0.4) is 0 Å². The minimum Gasteiger partial charge on any atom is -0.496 e. The van der Waals surface area contributed by atoms with E-state index >= 15 is 0 Å². The molecule has 0 bridgehead atoms. The van der Waals surface area contributed by atoms with Crippen LogP contribution in [0.1, 0.15) is 17.0 Å². The smallest absolute Gasteiger partial charge is 0.132 e. The summed E-state index contributed by atoms with van der Waals surface area (Å²) in [5.41, 5.74) is 7.52. The van der Waals surface area contributed by atoms with E-state index in [2.05, 4.69) is 9.97 Å². The molecule has 0 aliphatic carbocycles. The highest BCUT2D eigenvalue weighted by Crippen LogP contribution is 2.19. The van der Waals surface area contributed by atoms with Crippen LogP contribution in [0.25, 0.3) is 0 Å². The van der Waals surface area contributed by atoms with Crippen molar-refractivity contribution in [3.63, 3.8) is 0 Å². The van der Waals surface area contributed by atoms with E-state index in [-0.39, 0.29) is 0 Å². The molecule has 0 radical (unpaired) electrons. The fraction of sp³-hybridized carbons (Fsp3) is 0.231. The zero-order valence-electron chi connectivity index (χ0n) is 9.76. The van der Waals surface area contributed by atoms with Crippen molar-refractivity contribution in [2.24, 2.45) is 5.73 Å². The van der Waals surface area contributed by atoms with Gasteiger partial charge < -0.3 is 10.5 Å². The number of aromatic nitrogens is 2. The van der Waals surface area contributed by atoms with E-state index in [4.69, 9.17) is 10.5 Å². The molecule has 88 valence electrons. The number of para-hydroxylation sites is 1. The average molecular weight is 229 g/mol. The zero-order chi connectivity index (χ0) is 12.1. The van der Waals surface area contributed by atoms with Gasteiger partial charge in [0.25, 0.3) is 0 Å². The van der Waals surface area contributed by atoms with Gasteiger partial charge in [0, 0.05) is 36.5 Å². The second-order valence-corrected chi connectivity index (χ2v) is 3.70. The van der Waals surface area contributed by atoms with Crippen LogP contribution in [0.2, 0.25) is 0 Å². The van der Waals surface area contributed by atoms with E-state index in [9.17, 15) is 0 Å². The lowest BCUT2D eigenvalue weighted by atomic mass is 10.1. The first-order valence-corrected chi connectivity index (χ1v) is 5.45. The molecule has 0 amide bonds. The standard InChI is InChI=1S/C13H15N3O/c1-17-12-5-3-2-4-11(12)6-13-15-8-10(7-14)9-16-13/h2-5,8-9H,6-7,14H2,1H3. The van der Waals surface area contributed by atoms with Crippen LogP contribution < -0.4 is 10.5 Å². The molecule has 1 heterocycles. The predicted molar refractivity (Wildman–Crippen MR) is 65.7 cm³/mol. The van der Waals surface area contributed by atoms with Gasteiger partial charge in [-0.15, -0.1) is 0 Å². The molecule has 2 aromatic rings. The number of benzene rings is 1. The molecule has 0 atom stereocenters. The number of hydrogen-bond acceptors (Lipinski definition) is 4. The van der Waals surface area contributed by atoms with Gasteiger partial charge in [-0.3, -0.25) is 0 Å². The van der Waals surface area contributed by atoms with Crippen molar-refractivity contribution in [2.45, 2.75) is 13.0 Å². The first kappa shape index (κ1) is 11.5. The topological polar surface area (TPSA) is 61.0 Å². The maximum atomic E-state index is 5.50. The largest absolute Gasteiger partial charge is 0.496 e. The molecule has 4 nitrogen and oxygen atoms in total. The van der Waals surface area contributed by atoms with Crippen molar-refractivity contribution in [1.82, 2.24) is 9.97 Å². The van der Waals surface area contributed by atoms with E-state index in [1.165, 1.54) is 0 Å². The van der Waals surface area contributed by atoms with E-state index in [0.717, 1.165) is 22.7 Å². The van der Waals surface area contributed by atoms with E-state index in [1.807, 2.05) is 24.3 Å². The van der Waals surface area contributed by atoms with Gasteiger partial charge in [0.1, 0.15) is 11.6 Å². The van der Waals surface area contributed by atoms with Crippen molar-refractivity contribution in [1.29, 1.82) is 0 Å². The summed E-state index contributed by atoms with van der Waals surface area (Å²) in [5.74, 6) is 1.63. The lowest BCUT2D eigenvalue weighted by Gasteiger charge is -2.07. The quantitative estimate of drug-likeness (QED) is 0.863. The Bertz CT molecular complexity index is 482. The third-order valence-electron chi connectivity index (χ3n) is 2.54. The molecule has 2 N–H and O–H groups in total. The molecule has 4 heteroatoms. The van der Waals surface area contributed by atoms with Crippen LogP contribution >= 0.6 is 0 Å². The predicted octanol–water partition coefficient (Wildman–Crippen LogP) is 1.53. The number of methoxy groups -OCH3 is 1. The molecule has 0 spiro atoms. The van der Waals surface area contributed by atoms with Gasteiger partial charge in [0.15, 0.2) is 0 Å². The SMILES string of the molecule is COc1ccccc1Cc1ncc(CN)cn1. The molecule has 2 rings (SSSR count). The third-order valence-corrected chi connectivity index (χ3v) is 2.54. The number of ether oxygens (including phenoxy) is 1. The third kappa shape index (κ3) is 2.79. The Morgan fingerprint density at radius 1 is 1.18 bits per heavy atom. The summed E-state index contributed by atoms with van der Waals surface area (Å²) < 4.78 is 5.29. The monoisotopic (exact) mass is 229 g/mol. The summed E-state index contributed by atoms with van der Waals surface area (Å²) in [5, 5.41) is 0. The number of rotatable bonds is 4. The second kappa shape index (κ2) is 5.41. The Balaban J connectivity index is 2.19. The van der Waals surface area contributed by atoms with Crippen molar-refractivity contribution in [3.8, 4) is 5.75 Å². The van der Waals surface area contributed by atoms with Crippen LogP contribution in [0, 0.1) is 0 Å². The summed E-state index contributed by atoms with van der Waals surface area (Å²) in [6.45, 7) is 0.467. The summed E-state index contributed by atoms with van der Waals surface area (Å²) in [7, 11) is 1.66. The normalized spacial score (nSPS) is 10.2. The highest BCUT2D eigenvalue weighted by atomic mass is 16.5. The Hall–Kier alpha value is -1.94. The molecule has 1 aromatic heterocycles. The Morgan fingerprint density at radius 2 is 1.88 bits per heavy atom. The van der Waals surface area contributed by atoms with Crippen LogP contribution in [-0.4, -0.2) is 17.1 Å². The van der Waals surface area contributed by atoms with E-state index in [1.54, 1.807) is 19.5 Å². The van der Waals surface area contributed by atoms with E-state index < -0.39 is 0 Å². The van der Waals surface area contributed by atoms with Crippen LogP contribution in [0.15, 0.2) is 36.7 Å². The molecule has 0 fully saturated rings. The summed E-state index contributed by atoms with van der Waals surface area (Å²) in [6, 6.07) is 7.87. The summed E-state index contributed by atoms with van der Waals surface area (Å²) >= 11 is 0. The van der Waals surface area contributed by atoms with Gasteiger partial charge in [0.2, 0.25) is 0 Å². The van der Waals surface area contributed by atoms with Gasteiger partial charge in [-0.05, 0) is 6.07 Å². The summed E-state index contributed by atoms with van der Waals surface area (Å²) in [4.78, 5) is 8.55. The van der Waals surface area contributed by atoms with E-state index in [0.29, 0.717) is 13.0 Å². The molecule has 0 saturated carbocycles. The Kier molecular flexibility index (Phi) is 3.67. The molecule has 0 aliphatic heterocycles. The van der Waals surface area contributed by atoms with Gasteiger partial charge >= 0.3 is 0 Å². The van der Waals surface area contributed by atoms with Gasteiger partial charge in [0.05, 0.1) is 7.11 Å². The van der Waals surface area contributed by atoms with Crippen LogP contribution in [0.5, 0.6) is 5.75 Å². The lowest BCUT2D eigenvalue weighted by Crippen LogP contribution is -2.02. The van der Waals surface area contributed by atoms with Crippen LogP contribution in [0.4, 0.5) is 0 Å². The molecule has 1 aromatic carbocycles. The van der Waals surface area contributed by atoms with Crippen molar-refractivity contribution >= 4 is 0 Å². The lowest BCUT2D eigenvalue weighted by molar-refractivity contribution is 0.410. The van der Waals surface area contributed by atoms with Crippen molar-refractivity contribution < 1.29 is 4.74 Å². The molecule has 0 saturated heterocycles. The Morgan fingerprint density at radius 3 is 2.53 bits per heavy atom. The maximum absolute atomic E-state index is 5.50. The minimum atomic E-state index is 0.467.